The molecule has 1 aliphatic heterocycles. The Morgan fingerprint density at radius 3 is 2.88 bits per heavy atom. The van der Waals surface area contributed by atoms with Crippen molar-refractivity contribution in [3.8, 4) is 0 Å². The number of nitrogens with zero attached hydrogens (tertiary/aromatic N) is 4. The number of fused-ring (bicyclic) bond motifs is 1. The average molecular weight is 342 g/mol. The summed E-state index contributed by atoms with van der Waals surface area (Å²) in [5.74, 6) is 0.471. The molecule has 0 amide bonds. The van der Waals surface area contributed by atoms with Gasteiger partial charge in [0.1, 0.15) is 18.0 Å². The summed E-state index contributed by atoms with van der Waals surface area (Å²) >= 11 is 1.80. The van der Waals surface area contributed by atoms with E-state index in [9.17, 15) is 4.39 Å². The monoisotopic (exact) mass is 342 g/mol. The van der Waals surface area contributed by atoms with Crippen molar-refractivity contribution in [2.75, 3.05) is 31.1 Å². The Bertz CT molecular complexity index is 816. The minimum absolute atomic E-state index is 0.247. The predicted octanol–water partition coefficient (Wildman–Crippen LogP) is 3.54. The molecule has 1 saturated heterocycles. The minimum Gasteiger partial charge on any atom is -0.355 e. The molecule has 4 nitrogen and oxygen atoms in total. The van der Waals surface area contributed by atoms with Crippen LogP contribution in [0.2, 0.25) is 0 Å². The van der Waals surface area contributed by atoms with Crippen LogP contribution in [0.15, 0.2) is 42.0 Å². The Balaban J connectivity index is 1.55. The molecule has 1 fully saturated rings. The highest BCUT2D eigenvalue weighted by molar-refractivity contribution is 7.09. The number of rotatable bonds is 3. The van der Waals surface area contributed by atoms with Crippen LogP contribution in [0.25, 0.3) is 10.9 Å². The number of hydrogen-bond acceptors (Lipinski definition) is 5. The Labute approximate surface area is 144 Å². The van der Waals surface area contributed by atoms with Gasteiger partial charge in [0.2, 0.25) is 0 Å². The van der Waals surface area contributed by atoms with Gasteiger partial charge < -0.3 is 4.90 Å². The van der Waals surface area contributed by atoms with Crippen molar-refractivity contribution in [1.82, 2.24) is 14.9 Å². The molecule has 0 aliphatic carbocycles. The van der Waals surface area contributed by atoms with Crippen molar-refractivity contribution < 1.29 is 4.39 Å². The van der Waals surface area contributed by atoms with E-state index in [4.69, 9.17) is 0 Å². The minimum atomic E-state index is -0.247. The molecule has 6 heteroatoms. The van der Waals surface area contributed by atoms with Gasteiger partial charge in [0.25, 0.3) is 0 Å². The molecular formula is C18H19FN4S. The third-order valence-electron chi connectivity index (χ3n) is 4.44. The Kier molecular flexibility index (Phi) is 4.40. The van der Waals surface area contributed by atoms with Gasteiger partial charge in [0.15, 0.2) is 0 Å². The van der Waals surface area contributed by atoms with Gasteiger partial charge in [-0.3, -0.25) is 4.90 Å². The molecule has 0 saturated carbocycles. The van der Waals surface area contributed by atoms with Crippen molar-refractivity contribution in [1.29, 1.82) is 0 Å². The van der Waals surface area contributed by atoms with E-state index < -0.39 is 0 Å². The van der Waals surface area contributed by atoms with Gasteiger partial charge in [-0.15, -0.1) is 11.3 Å². The fraction of sp³-hybridized carbons (Fsp3) is 0.333. The molecule has 2 aromatic heterocycles. The predicted molar refractivity (Wildman–Crippen MR) is 95.9 cm³/mol. The lowest BCUT2D eigenvalue weighted by molar-refractivity contribution is 0.288. The highest BCUT2D eigenvalue weighted by Gasteiger charge is 2.19. The van der Waals surface area contributed by atoms with Crippen molar-refractivity contribution in [3.63, 3.8) is 0 Å². The first kappa shape index (κ1) is 15.5. The highest BCUT2D eigenvalue weighted by atomic mass is 32.1. The second kappa shape index (κ2) is 6.83. The zero-order valence-electron chi connectivity index (χ0n) is 13.4. The van der Waals surface area contributed by atoms with Crippen LogP contribution in [0.5, 0.6) is 0 Å². The molecule has 0 atom stereocenters. The Hall–Kier alpha value is -2.05. The maximum absolute atomic E-state index is 14.3. The first-order valence-electron chi connectivity index (χ1n) is 8.20. The fourth-order valence-corrected chi connectivity index (χ4v) is 4.00. The summed E-state index contributed by atoms with van der Waals surface area (Å²) in [6.45, 7) is 4.75. The average Bonchev–Trinajstić information content (AvgIpc) is 2.99. The number of benzene rings is 1. The summed E-state index contributed by atoms with van der Waals surface area (Å²) in [5.41, 5.74) is 0.666. The second-order valence-electron chi connectivity index (χ2n) is 6.03. The molecule has 0 N–H and O–H groups in total. The molecule has 0 radical (unpaired) electrons. The summed E-state index contributed by atoms with van der Waals surface area (Å²) in [7, 11) is 0. The zero-order chi connectivity index (χ0) is 16.4. The van der Waals surface area contributed by atoms with E-state index in [-0.39, 0.29) is 5.82 Å². The molecule has 0 unspecified atom stereocenters. The van der Waals surface area contributed by atoms with Gasteiger partial charge in [-0.1, -0.05) is 12.1 Å². The zero-order valence-corrected chi connectivity index (χ0v) is 14.2. The van der Waals surface area contributed by atoms with Gasteiger partial charge >= 0.3 is 0 Å². The first-order valence-corrected chi connectivity index (χ1v) is 9.08. The van der Waals surface area contributed by atoms with E-state index in [1.165, 1.54) is 17.3 Å². The van der Waals surface area contributed by atoms with Crippen molar-refractivity contribution in [2.45, 2.75) is 13.0 Å². The number of aromatic nitrogens is 2. The van der Waals surface area contributed by atoms with E-state index in [1.807, 2.05) is 6.07 Å². The molecule has 0 spiro atoms. The largest absolute Gasteiger partial charge is 0.355 e. The number of anilines is 1. The molecule has 1 aliphatic rings. The van der Waals surface area contributed by atoms with Crippen LogP contribution in [0.1, 0.15) is 11.3 Å². The van der Waals surface area contributed by atoms with Gasteiger partial charge in [-0.2, -0.15) is 0 Å². The van der Waals surface area contributed by atoms with Gasteiger partial charge in [-0.05, 0) is 30.0 Å². The molecular weight excluding hydrogens is 323 g/mol. The van der Waals surface area contributed by atoms with Crippen LogP contribution < -0.4 is 4.90 Å². The van der Waals surface area contributed by atoms with E-state index in [1.54, 1.807) is 17.4 Å². The topological polar surface area (TPSA) is 32.3 Å². The number of hydrogen-bond donors (Lipinski definition) is 0. The maximum Gasteiger partial charge on any atom is 0.142 e. The molecule has 24 heavy (non-hydrogen) atoms. The summed E-state index contributed by atoms with van der Waals surface area (Å²) in [4.78, 5) is 14.6. The lowest BCUT2D eigenvalue weighted by atomic mass is 10.2. The Morgan fingerprint density at radius 1 is 1.04 bits per heavy atom. The fourth-order valence-electron chi connectivity index (χ4n) is 3.26. The normalized spacial score (nSPS) is 16.5. The van der Waals surface area contributed by atoms with Crippen molar-refractivity contribution in [2.24, 2.45) is 0 Å². The molecule has 3 heterocycles. The summed E-state index contributed by atoms with van der Waals surface area (Å²) in [5, 5.41) is 2.65. The van der Waals surface area contributed by atoms with Gasteiger partial charge in [0, 0.05) is 37.6 Å². The van der Waals surface area contributed by atoms with Crippen LogP contribution in [-0.2, 0) is 6.54 Å². The smallest absolute Gasteiger partial charge is 0.142 e. The lowest BCUT2D eigenvalue weighted by Gasteiger charge is -2.23. The molecule has 1 aromatic carbocycles. The van der Waals surface area contributed by atoms with Crippen LogP contribution in [0, 0.1) is 5.82 Å². The Morgan fingerprint density at radius 2 is 2.00 bits per heavy atom. The summed E-state index contributed by atoms with van der Waals surface area (Å²) in [6.07, 6.45) is 2.58. The van der Waals surface area contributed by atoms with Gasteiger partial charge in [-0.25, -0.2) is 14.4 Å². The molecule has 0 bridgehead atoms. The van der Waals surface area contributed by atoms with E-state index in [0.29, 0.717) is 10.9 Å². The number of thiophene rings is 1. The van der Waals surface area contributed by atoms with Crippen molar-refractivity contribution in [3.05, 3.63) is 52.7 Å². The third-order valence-corrected chi connectivity index (χ3v) is 5.30. The summed E-state index contributed by atoms with van der Waals surface area (Å²) < 4.78 is 14.3. The van der Waals surface area contributed by atoms with E-state index >= 15 is 0 Å². The van der Waals surface area contributed by atoms with Crippen LogP contribution >= 0.6 is 11.3 Å². The maximum atomic E-state index is 14.3. The molecule has 124 valence electrons. The quantitative estimate of drug-likeness (QED) is 0.729. The van der Waals surface area contributed by atoms with Crippen LogP contribution in [-0.4, -0.2) is 41.0 Å². The highest BCUT2D eigenvalue weighted by Crippen LogP contribution is 2.26. The van der Waals surface area contributed by atoms with E-state index in [2.05, 4.69) is 37.3 Å². The lowest BCUT2D eigenvalue weighted by Crippen LogP contribution is -2.31. The van der Waals surface area contributed by atoms with Crippen LogP contribution in [0.4, 0.5) is 10.2 Å². The van der Waals surface area contributed by atoms with E-state index in [0.717, 1.165) is 45.0 Å². The number of halogens is 1. The third kappa shape index (κ3) is 3.12. The first-order chi connectivity index (χ1) is 11.8. The van der Waals surface area contributed by atoms with Crippen LogP contribution in [0.3, 0.4) is 0 Å². The molecule has 3 aromatic rings. The van der Waals surface area contributed by atoms with Gasteiger partial charge in [0.05, 0.1) is 10.9 Å². The van der Waals surface area contributed by atoms with Crippen molar-refractivity contribution >= 4 is 28.1 Å². The standard InChI is InChI=1S/C18H19FN4S/c19-15-5-1-6-16-17(15)18(21-13-20-16)23-8-3-7-22(9-10-23)12-14-4-2-11-24-14/h1-2,4-6,11,13H,3,7-10,12H2. The second-order valence-corrected chi connectivity index (χ2v) is 7.06. The summed E-state index contributed by atoms with van der Waals surface area (Å²) in [6, 6.07) is 9.29. The SMILES string of the molecule is Fc1cccc2ncnc(N3CCCN(Cc4cccs4)CC3)c12. The molecule has 4 rings (SSSR count).